The Bertz CT molecular complexity index is 400. The first kappa shape index (κ1) is 12.3. The van der Waals surface area contributed by atoms with Crippen molar-refractivity contribution in [3.8, 4) is 0 Å². The lowest BCUT2D eigenvalue weighted by atomic mass is 10.0. The predicted octanol–water partition coefficient (Wildman–Crippen LogP) is 2.58. The van der Waals surface area contributed by atoms with Gasteiger partial charge < -0.3 is 4.90 Å². The van der Waals surface area contributed by atoms with Gasteiger partial charge in [-0.1, -0.05) is 13.0 Å². The normalized spacial score (nSPS) is 21.4. The van der Waals surface area contributed by atoms with Crippen molar-refractivity contribution in [1.82, 2.24) is 4.90 Å². The minimum Gasteiger partial charge on any atom is -0.335 e. The highest BCUT2D eigenvalue weighted by Gasteiger charge is 2.22. The highest BCUT2D eigenvalue weighted by atomic mass is 32.1. The van der Waals surface area contributed by atoms with E-state index in [9.17, 15) is 9.59 Å². The summed E-state index contributed by atoms with van der Waals surface area (Å²) in [5, 5.41) is 1.89. The van der Waals surface area contributed by atoms with E-state index >= 15 is 0 Å². The van der Waals surface area contributed by atoms with Gasteiger partial charge in [-0.2, -0.15) is 0 Å². The molecule has 1 aliphatic heterocycles. The average molecular weight is 251 g/mol. The molecule has 0 N–H and O–H groups in total. The molecule has 0 saturated carbocycles. The fraction of sp³-hybridized carbons (Fsp3) is 0.538. The van der Waals surface area contributed by atoms with Crippen LogP contribution >= 0.6 is 11.3 Å². The van der Waals surface area contributed by atoms with Gasteiger partial charge >= 0.3 is 0 Å². The maximum absolute atomic E-state index is 11.9. The van der Waals surface area contributed by atoms with Crippen molar-refractivity contribution in [2.45, 2.75) is 26.2 Å². The van der Waals surface area contributed by atoms with Crippen molar-refractivity contribution >= 4 is 23.0 Å². The van der Waals surface area contributed by atoms with Gasteiger partial charge in [-0.25, -0.2) is 0 Å². The molecule has 0 radical (unpaired) electrons. The van der Waals surface area contributed by atoms with Crippen LogP contribution in [0, 0.1) is 5.92 Å². The Morgan fingerprint density at radius 2 is 2.35 bits per heavy atom. The van der Waals surface area contributed by atoms with E-state index in [4.69, 9.17) is 0 Å². The Balaban J connectivity index is 1.98. The molecule has 2 heterocycles. The Kier molecular flexibility index (Phi) is 3.94. The summed E-state index contributed by atoms with van der Waals surface area (Å²) >= 11 is 1.44. The number of hydrogen-bond acceptors (Lipinski definition) is 3. The second-order valence-corrected chi connectivity index (χ2v) is 5.60. The SMILES string of the molecule is CC1CCC(=O)N(CC(=O)c2cccs2)CC1. The van der Waals surface area contributed by atoms with Crippen molar-refractivity contribution in [3.05, 3.63) is 22.4 Å². The lowest BCUT2D eigenvalue weighted by Gasteiger charge is -2.19. The number of thiophene rings is 1. The van der Waals surface area contributed by atoms with E-state index in [1.54, 1.807) is 4.90 Å². The highest BCUT2D eigenvalue weighted by Crippen LogP contribution is 2.18. The third kappa shape index (κ3) is 3.16. The summed E-state index contributed by atoms with van der Waals surface area (Å²) in [5.74, 6) is 0.767. The van der Waals surface area contributed by atoms with E-state index in [2.05, 4.69) is 6.92 Å². The second-order valence-electron chi connectivity index (χ2n) is 4.65. The van der Waals surface area contributed by atoms with Gasteiger partial charge in [0.05, 0.1) is 11.4 Å². The van der Waals surface area contributed by atoms with Crippen LogP contribution in [0.5, 0.6) is 0 Å². The number of likely N-dealkylation sites (tertiary alicyclic amines) is 1. The van der Waals surface area contributed by atoms with Gasteiger partial charge in [0, 0.05) is 13.0 Å². The zero-order valence-corrected chi connectivity index (χ0v) is 10.8. The highest BCUT2D eigenvalue weighted by molar-refractivity contribution is 7.12. The van der Waals surface area contributed by atoms with E-state index in [1.807, 2.05) is 17.5 Å². The molecular weight excluding hydrogens is 234 g/mol. The summed E-state index contributed by atoms with van der Waals surface area (Å²) < 4.78 is 0. The minimum atomic E-state index is 0.0582. The summed E-state index contributed by atoms with van der Waals surface area (Å²) in [6.07, 6.45) is 2.53. The number of carbonyl (C=O) groups excluding carboxylic acids is 2. The largest absolute Gasteiger partial charge is 0.335 e. The van der Waals surface area contributed by atoms with Crippen molar-refractivity contribution in [2.75, 3.05) is 13.1 Å². The lowest BCUT2D eigenvalue weighted by Crippen LogP contribution is -2.35. The van der Waals surface area contributed by atoms with Gasteiger partial charge in [0.2, 0.25) is 5.91 Å². The molecule has 1 aromatic rings. The van der Waals surface area contributed by atoms with Gasteiger partial charge in [0.25, 0.3) is 0 Å². The zero-order valence-electron chi connectivity index (χ0n) is 10.0. The molecule has 0 bridgehead atoms. The molecule has 1 unspecified atom stereocenters. The summed E-state index contributed by atoms with van der Waals surface area (Å²) in [4.78, 5) is 26.2. The number of rotatable bonds is 3. The van der Waals surface area contributed by atoms with Crippen LogP contribution < -0.4 is 0 Å². The third-order valence-corrected chi connectivity index (χ3v) is 4.14. The molecule has 0 spiro atoms. The molecule has 1 aliphatic rings. The Hall–Kier alpha value is -1.16. The number of carbonyl (C=O) groups is 2. The summed E-state index contributed by atoms with van der Waals surface area (Å²) in [7, 11) is 0. The van der Waals surface area contributed by atoms with Crippen LogP contribution in [0.3, 0.4) is 0 Å². The van der Waals surface area contributed by atoms with Crippen molar-refractivity contribution in [1.29, 1.82) is 0 Å². The van der Waals surface area contributed by atoms with Gasteiger partial charge in [-0.15, -0.1) is 11.3 Å². The van der Waals surface area contributed by atoms with Gasteiger partial charge in [0.1, 0.15) is 0 Å². The predicted molar refractivity (Wildman–Crippen MR) is 68.2 cm³/mol. The second kappa shape index (κ2) is 5.45. The smallest absolute Gasteiger partial charge is 0.222 e. The Labute approximate surface area is 105 Å². The van der Waals surface area contributed by atoms with Crippen LogP contribution in [0.4, 0.5) is 0 Å². The van der Waals surface area contributed by atoms with E-state index in [0.717, 1.165) is 24.3 Å². The first-order valence-corrected chi connectivity index (χ1v) is 6.89. The number of nitrogens with zero attached hydrogens (tertiary/aromatic N) is 1. The minimum absolute atomic E-state index is 0.0582. The molecule has 17 heavy (non-hydrogen) atoms. The quantitative estimate of drug-likeness (QED) is 0.774. The molecule has 1 saturated heterocycles. The summed E-state index contributed by atoms with van der Waals surface area (Å²) in [5.41, 5.74) is 0. The van der Waals surface area contributed by atoms with Crippen LogP contribution in [0.1, 0.15) is 35.9 Å². The van der Waals surface area contributed by atoms with E-state index < -0.39 is 0 Å². The van der Waals surface area contributed by atoms with E-state index in [-0.39, 0.29) is 18.2 Å². The molecule has 0 aromatic carbocycles. The van der Waals surface area contributed by atoms with Crippen molar-refractivity contribution < 1.29 is 9.59 Å². The lowest BCUT2D eigenvalue weighted by molar-refractivity contribution is -0.130. The van der Waals surface area contributed by atoms with Crippen LogP contribution in [-0.4, -0.2) is 29.7 Å². The summed E-state index contributed by atoms with van der Waals surface area (Å²) in [6, 6.07) is 3.68. The van der Waals surface area contributed by atoms with Crippen LogP contribution in [0.2, 0.25) is 0 Å². The molecule has 2 rings (SSSR count). The van der Waals surface area contributed by atoms with E-state index in [0.29, 0.717) is 12.3 Å². The number of ketones is 1. The summed E-state index contributed by atoms with van der Waals surface area (Å²) in [6.45, 7) is 3.13. The molecule has 1 amide bonds. The molecule has 4 heteroatoms. The standard InChI is InChI=1S/C13H17NO2S/c1-10-4-5-13(16)14(7-6-10)9-11(15)12-3-2-8-17-12/h2-3,8,10H,4-7,9H2,1H3. The molecule has 1 fully saturated rings. The molecule has 3 nitrogen and oxygen atoms in total. The molecule has 1 aromatic heterocycles. The third-order valence-electron chi connectivity index (χ3n) is 3.23. The van der Waals surface area contributed by atoms with Crippen molar-refractivity contribution in [3.63, 3.8) is 0 Å². The fourth-order valence-electron chi connectivity index (χ4n) is 2.03. The molecule has 0 aliphatic carbocycles. The van der Waals surface area contributed by atoms with Crippen molar-refractivity contribution in [2.24, 2.45) is 5.92 Å². The molecule has 1 atom stereocenters. The monoisotopic (exact) mass is 251 g/mol. The first-order chi connectivity index (χ1) is 8.16. The zero-order chi connectivity index (χ0) is 12.3. The topological polar surface area (TPSA) is 37.4 Å². The fourth-order valence-corrected chi connectivity index (χ4v) is 2.69. The number of hydrogen-bond donors (Lipinski definition) is 0. The Morgan fingerprint density at radius 3 is 3.06 bits per heavy atom. The average Bonchev–Trinajstić information content (AvgIpc) is 2.80. The maximum atomic E-state index is 11.9. The Morgan fingerprint density at radius 1 is 1.53 bits per heavy atom. The van der Waals surface area contributed by atoms with Crippen LogP contribution in [0.25, 0.3) is 0 Å². The first-order valence-electron chi connectivity index (χ1n) is 6.01. The van der Waals surface area contributed by atoms with Crippen LogP contribution in [0.15, 0.2) is 17.5 Å². The van der Waals surface area contributed by atoms with Gasteiger partial charge in [-0.05, 0) is 30.2 Å². The molecule has 92 valence electrons. The number of amides is 1. The number of Topliss-reactive ketones (excluding diaryl/α,β-unsaturated/α-hetero) is 1. The molecular formula is C13H17NO2S. The maximum Gasteiger partial charge on any atom is 0.222 e. The van der Waals surface area contributed by atoms with Gasteiger partial charge in [0.15, 0.2) is 5.78 Å². The van der Waals surface area contributed by atoms with E-state index in [1.165, 1.54) is 11.3 Å². The van der Waals surface area contributed by atoms with Crippen LogP contribution in [-0.2, 0) is 4.79 Å². The van der Waals surface area contributed by atoms with Gasteiger partial charge in [-0.3, -0.25) is 9.59 Å².